The third-order valence-electron chi connectivity index (χ3n) is 5.87. The largest absolute Gasteiger partial charge is 0.481 e. The van der Waals surface area contributed by atoms with Gasteiger partial charge in [0.15, 0.2) is 0 Å². The molecule has 2 aliphatic carbocycles. The normalized spacial score (nSPS) is 46.0. The Kier molecular flexibility index (Phi) is 2.87. The fraction of sp³-hybridized carbons (Fsp3) is 0.800. The first kappa shape index (κ1) is 12.7. The SMILES string of the molecule is CC1=CCCC2(C)C(C(=O)O)C(C)CCC12C. The highest BCUT2D eigenvalue weighted by atomic mass is 16.4. The van der Waals surface area contributed by atoms with Crippen molar-refractivity contribution in [2.24, 2.45) is 22.7 Å². The Morgan fingerprint density at radius 1 is 1.41 bits per heavy atom. The minimum atomic E-state index is -0.597. The van der Waals surface area contributed by atoms with Gasteiger partial charge in [0.25, 0.3) is 0 Å². The second-order valence-electron chi connectivity index (χ2n) is 6.51. The van der Waals surface area contributed by atoms with Gasteiger partial charge < -0.3 is 5.11 Å². The first-order valence-corrected chi connectivity index (χ1v) is 6.73. The van der Waals surface area contributed by atoms with Crippen molar-refractivity contribution in [2.75, 3.05) is 0 Å². The summed E-state index contributed by atoms with van der Waals surface area (Å²) in [6, 6.07) is 0. The van der Waals surface area contributed by atoms with Gasteiger partial charge in [-0.2, -0.15) is 0 Å². The van der Waals surface area contributed by atoms with E-state index in [1.165, 1.54) is 5.57 Å². The standard InChI is InChI=1S/C15H24O2/c1-10-7-9-14(3)11(2)6-5-8-15(14,4)12(10)13(16)17/h6,10,12H,5,7-9H2,1-4H3,(H,16,17). The van der Waals surface area contributed by atoms with Crippen LogP contribution in [-0.2, 0) is 4.79 Å². The summed E-state index contributed by atoms with van der Waals surface area (Å²) in [4.78, 5) is 11.7. The topological polar surface area (TPSA) is 37.3 Å². The second-order valence-corrected chi connectivity index (χ2v) is 6.51. The summed E-state index contributed by atoms with van der Waals surface area (Å²) >= 11 is 0. The summed E-state index contributed by atoms with van der Waals surface area (Å²) in [6.45, 7) is 8.78. The Balaban J connectivity index is 2.50. The quantitative estimate of drug-likeness (QED) is 0.702. The maximum absolute atomic E-state index is 11.7. The molecule has 17 heavy (non-hydrogen) atoms. The molecule has 0 spiro atoms. The maximum Gasteiger partial charge on any atom is 0.307 e. The summed E-state index contributed by atoms with van der Waals surface area (Å²) in [6.07, 6.45) is 6.54. The van der Waals surface area contributed by atoms with E-state index in [-0.39, 0.29) is 16.7 Å². The molecule has 0 aromatic carbocycles. The molecular formula is C15H24O2. The third kappa shape index (κ3) is 1.56. The summed E-state index contributed by atoms with van der Waals surface area (Å²) in [7, 11) is 0. The number of fused-ring (bicyclic) bond motifs is 1. The number of rotatable bonds is 1. The van der Waals surface area contributed by atoms with Gasteiger partial charge in [-0.3, -0.25) is 4.79 Å². The van der Waals surface area contributed by atoms with Gasteiger partial charge in [-0.25, -0.2) is 0 Å². The van der Waals surface area contributed by atoms with E-state index >= 15 is 0 Å². The predicted molar refractivity (Wildman–Crippen MR) is 68.7 cm³/mol. The smallest absolute Gasteiger partial charge is 0.307 e. The highest BCUT2D eigenvalue weighted by molar-refractivity contribution is 5.72. The van der Waals surface area contributed by atoms with Gasteiger partial charge >= 0.3 is 5.97 Å². The average molecular weight is 236 g/mol. The van der Waals surface area contributed by atoms with Crippen molar-refractivity contribution in [1.29, 1.82) is 0 Å². The lowest BCUT2D eigenvalue weighted by Gasteiger charge is -2.58. The number of hydrogen-bond donors (Lipinski definition) is 1. The van der Waals surface area contributed by atoms with Crippen LogP contribution in [0.15, 0.2) is 11.6 Å². The van der Waals surface area contributed by atoms with E-state index in [0.29, 0.717) is 5.92 Å². The Labute approximate surface area is 104 Å². The molecule has 1 fully saturated rings. The van der Waals surface area contributed by atoms with Gasteiger partial charge in [0.1, 0.15) is 0 Å². The van der Waals surface area contributed by atoms with Crippen molar-refractivity contribution in [3.05, 3.63) is 11.6 Å². The lowest BCUT2D eigenvalue weighted by atomic mass is 9.45. The fourth-order valence-electron chi connectivity index (χ4n) is 4.35. The van der Waals surface area contributed by atoms with E-state index in [0.717, 1.165) is 25.7 Å². The number of carbonyl (C=O) groups is 1. The number of carboxylic acid groups (broad SMARTS) is 1. The van der Waals surface area contributed by atoms with Crippen molar-refractivity contribution in [3.63, 3.8) is 0 Å². The zero-order valence-electron chi connectivity index (χ0n) is 11.4. The average Bonchev–Trinajstić information content (AvgIpc) is 2.22. The molecule has 0 saturated heterocycles. The number of allylic oxidation sites excluding steroid dienone is 2. The molecule has 0 aliphatic heterocycles. The van der Waals surface area contributed by atoms with Crippen molar-refractivity contribution in [3.8, 4) is 0 Å². The first-order chi connectivity index (χ1) is 7.83. The van der Waals surface area contributed by atoms with Crippen LogP contribution in [0.3, 0.4) is 0 Å². The van der Waals surface area contributed by atoms with Gasteiger partial charge in [-0.05, 0) is 49.4 Å². The Bertz CT molecular complexity index is 371. The molecule has 1 saturated carbocycles. The predicted octanol–water partition coefficient (Wildman–Crippen LogP) is 3.87. The monoisotopic (exact) mass is 236 g/mol. The summed E-state index contributed by atoms with van der Waals surface area (Å²) in [5.41, 5.74) is 1.42. The Hall–Kier alpha value is -0.790. The Morgan fingerprint density at radius 3 is 2.65 bits per heavy atom. The molecule has 0 amide bonds. The van der Waals surface area contributed by atoms with Crippen LogP contribution in [0.2, 0.25) is 0 Å². The van der Waals surface area contributed by atoms with E-state index in [2.05, 4.69) is 33.8 Å². The van der Waals surface area contributed by atoms with Crippen LogP contribution in [0.25, 0.3) is 0 Å². The van der Waals surface area contributed by atoms with Gasteiger partial charge in [0.2, 0.25) is 0 Å². The molecule has 2 heteroatoms. The molecule has 2 rings (SSSR count). The van der Waals surface area contributed by atoms with E-state index in [9.17, 15) is 9.90 Å². The van der Waals surface area contributed by atoms with Crippen LogP contribution in [0.1, 0.15) is 53.4 Å². The molecule has 0 radical (unpaired) electrons. The van der Waals surface area contributed by atoms with E-state index in [1.54, 1.807) is 0 Å². The molecule has 0 bridgehead atoms. The van der Waals surface area contributed by atoms with Crippen LogP contribution in [-0.4, -0.2) is 11.1 Å². The maximum atomic E-state index is 11.7. The van der Waals surface area contributed by atoms with E-state index in [4.69, 9.17) is 0 Å². The lowest BCUT2D eigenvalue weighted by molar-refractivity contribution is -0.160. The second kappa shape index (κ2) is 3.86. The molecule has 0 aromatic heterocycles. The molecular weight excluding hydrogens is 212 g/mol. The number of carboxylic acids is 1. The van der Waals surface area contributed by atoms with Crippen LogP contribution >= 0.6 is 0 Å². The number of hydrogen-bond acceptors (Lipinski definition) is 1. The van der Waals surface area contributed by atoms with E-state index < -0.39 is 5.97 Å². The van der Waals surface area contributed by atoms with Crippen LogP contribution in [0, 0.1) is 22.7 Å². The van der Waals surface area contributed by atoms with Gasteiger partial charge in [0, 0.05) is 0 Å². The first-order valence-electron chi connectivity index (χ1n) is 6.73. The number of aliphatic carboxylic acids is 1. The zero-order chi connectivity index (χ0) is 12.8. The van der Waals surface area contributed by atoms with Crippen molar-refractivity contribution < 1.29 is 9.90 Å². The summed E-state index contributed by atoms with van der Waals surface area (Å²) in [5.74, 6) is -0.484. The molecule has 4 atom stereocenters. The highest BCUT2D eigenvalue weighted by Gasteiger charge is 2.57. The minimum Gasteiger partial charge on any atom is -0.481 e. The highest BCUT2D eigenvalue weighted by Crippen LogP contribution is 2.62. The van der Waals surface area contributed by atoms with Crippen LogP contribution in [0.5, 0.6) is 0 Å². The summed E-state index contributed by atoms with van der Waals surface area (Å²) < 4.78 is 0. The van der Waals surface area contributed by atoms with Crippen molar-refractivity contribution in [1.82, 2.24) is 0 Å². The van der Waals surface area contributed by atoms with Gasteiger partial charge in [-0.15, -0.1) is 0 Å². The van der Waals surface area contributed by atoms with Crippen molar-refractivity contribution >= 4 is 5.97 Å². The molecule has 2 nitrogen and oxygen atoms in total. The van der Waals surface area contributed by atoms with E-state index in [1.807, 2.05) is 0 Å². The molecule has 4 unspecified atom stereocenters. The molecule has 96 valence electrons. The molecule has 1 N–H and O–H groups in total. The Morgan fingerprint density at radius 2 is 2.06 bits per heavy atom. The van der Waals surface area contributed by atoms with Crippen LogP contribution in [0.4, 0.5) is 0 Å². The minimum absolute atomic E-state index is 0.0741. The lowest BCUT2D eigenvalue weighted by Crippen LogP contribution is -2.54. The molecule has 0 aromatic rings. The van der Waals surface area contributed by atoms with Crippen molar-refractivity contribution in [2.45, 2.75) is 53.4 Å². The van der Waals surface area contributed by atoms with Gasteiger partial charge in [-0.1, -0.05) is 32.4 Å². The molecule has 0 heterocycles. The zero-order valence-corrected chi connectivity index (χ0v) is 11.4. The molecule has 2 aliphatic rings. The third-order valence-corrected chi connectivity index (χ3v) is 5.87. The van der Waals surface area contributed by atoms with Crippen LogP contribution < -0.4 is 0 Å². The fourth-order valence-corrected chi connectivity index (χ4v) is 4.35. The van der Waals surface area contributed by atoms with Gasteiger partial charge in [0.05, 0.1) is 5.92 Å². The summed E-state index contributed by atoms with van der Waals surface area (Å²) in [5, 5.41) is 9.59.